The van der Waals surface area contributed by atoms with Crippen molar-refractivity contribution >= 4 is 43.6 Å². The van der Waals surface area contributed by atoms with Gasteiger partial charge in [0.25, 0.3) is 0 Å². The number of hydrogen-bond acceptors (Lipinski definition) is 2. The fraction of sp³-hybridized carbons (Fsp3) is 0.103. The van der Waals surface area contributed by atoms with Crippen LogP contribution in [0.5, 0.6) is 0 Å². The molecular formula is C78H38F24N4. The molecule has 14 aromatic rings. The van der Waals surface area contributed by atoms with E-state index in [9.17, 15) is 105 Å². The minimum Gasteiger partial charge on any atom is -0.309 e. The van der Waals surface area contributed by atoms with Crippen molar-refractivity contribution in [3.05, 3.63) is 275 Å². The van der Waals surface area contributed by atoms with E-state index in [-0.39, 0.29) is 130 Å². The summed E-state index contributed by atoms with van der Waals surface area (Å²) in [4.78, 5) is 10.2. The van der Waals surface area contributed by atoms with Crippen LogP contribution in [-0.2, 0) is 49.4 Å². The third kappa shape index (κ3) is 13.6. The van der Waals surface area contributed by atoms with E-state index in [1.807, 2.05) is 0 Å². The number of rotatable bonds is 9. The highest BCUT2D eigenvalue weighted by atomic mass is 19.4. The summed E-state index contributed by atoms with van der Waals surface area (Å²) in [5.41, 5.74) is -14.9. The number of nitrogens with zero attached hydrogens (tertiary/aromatic N) is 4. The predicted octanol–water partition coefficient (Wildman–Crippen LogP) is 26.5. The van der Waals surface area contributed by atoms with Crippen molar-refractivity contribution in [2.75, 3.05) is 0 Å². The molecule has 0 bridgehead atoms. The smallest absolute Gasteiger partial charge is 0.309 e. The van der Waals surface area contributed by atoms with E-state index in [2.05, 4.69) is 0 Å². The molecule has 0 spiro atoms. The van der Waals surface area contributed by atoms with Crippen molar-refractivity contribution in [2.24, 2.45) is 0 Å². The first-order chi connectivity index (χ1) is 49.5. The minimum atomic E-state index is -5.31. The molecule has 0 fully saturated rings. The lowest BCUT2D eigenvalue weighted by molar-refractivity contribution is -0.144. The van der Waals surface area contributed by atoms with Crippen LogP contribution in [0.15, 0.2) is 231 Å². The maximum absolute atomic E-state index is 14.4. The lowest BCUT2D eigenvalue weighted by atomic mass is 9.96. The zero-order valence-electron chi connectivity index (χ0n) is 52.8. The zero-order valence-corrected chi connectivity index (χ0v) is 52.8. The van der Waals surface area contributed by atoms with E-state index in [0.717, 1.165) is 0 Å². The summed E-state index contributed by atoms with van der Waals surface area (Å²) in [5, 5.41) is 0.0121. The Morgan fingerprint density at radius 1 is 0.198 bits per heavy atom. The molecule has 0 saturated heterocycles. The average molecular weight is 1490 g/mol. The number of fused-ring (bicyclic) bond motifs is 6. The third-order valence-electron chi connectivity index (χ3n) is 17.8. The highest BCUT2D eigenvalue weighted by Crippen LogP contribution is 2.49. The fourth-order valence-corrected chi connectivity index (χ4v) is 13.0. The largest absolute Gasteiger partial charge is 0.416 e. The highest BCUT2D eigenvalue weighted by Gasteiger charge is 2.42. The maximum atomic E-state index is 14.4. The van der Waals surface area contributed by atoms with Crippen LogP contribution in [0.1, 0.15) is 44.5 Å². The number of hydrogen-bond donors (Lipinski definition) is 0. The minimum absolute atomic E-state index is 0.00102. The normalized spacial score (nSPS) is 13.1. The van der Waals surface area contributed by atoms with Gasteiger partial charge in [-0.2, -0.15) is 105 Å². The summed E-state index contributed by atoms with van der Waals surface area (Å²) in [7, 11) is 0. The van der Waals surface area contributed by atoms with Gasteiger partial charge in [-0.3, -0.25) is 0 Å². The number of benzene rings is 11. The van der Waals surface area contributed by atoms with Gasteiger partial charge in [0.2, 0.25) is 0 Å². The third-order valence-corrected chi connectivity index (χ3v) is 17.8. The molecule has 0 aliphatic rings. The van der Waals surface area contributed by atoms with Gasteiger partial charge in [-0.25, -0.2) is 9.97 Å². The Morgan fingerprint density at radius 3 is 0.726 bits per heavy atom. The molecule has 0 aliphatic heterocycles. The Hall–Kier alpha value is -11.6. The van der Waals surface area contributed by atoms with Crippen LogP contribution in [-0.4, -0.2) is 19.1 Å². The summed E-state index contributed by atoms with van der Waals surface area (Å²) in [6.07, 6.45) is -42.5. The van der Waals surface area contributed by atoms with Crippen molar-refractivity contribution in [2.45, 2.75) is 49.4 Å². The zero-order chi connectivity index (χ0) is 75.9. The van der Waals surface area contributed by atoms with Gasteiger partial charge >= 0.3 is 49.4 Å². The quantitative estimate of drug-likeness (QED) is 0.135. The summed E-state index contributed by atoms with van der Waals surface area (Å²) in [6, 6.07) is 40.6. The molecule has 0 saturated carbocycles. The molecule has 0 amide bonds. The van der Waals surface area contributed by atoms with Crippen molar-refractivity contribution in [1.82, 2.24) is 19.1 Å². The highest BCUT2D eigenvalue weighted by molar-refractivity contribution is 6.13. The van der Waals surface area contributed by atoms with Crippen LogP contribution < -0.4 is 0 Å². The lowest BCUT2D eigenvalue weighted by Gasteiger charge is -2.17. The predicted molar refractivity (Wildman–Crippen MR) is 349 cm³/mol. The van der Waals surface area contributed by atoms with Crippen LogP contribution >= 0.6 is 0 Å². The van der Waals surface area contributed by atoms with E-state index >= 15 is 0 Å². The molecule has 0 aliphatic carbocycles. The molecule has 11 aromatic carbocycles. The topological polar surface area (TPSA) is 35.6 Å². The lowest BCUT2D eigenvalue weighted by Crippen LogP contribution is -2.11. The van der Waals surface area contributed by atoms with Crippen molar-refractivity contribution in [3.8, 4) is 89.8 Å². The van der Waals surface area contributed by atoms with Crippen LogP contribution in [0.2, 0.25) is 0 Å². The van der Waals surface area contributed by atoms with Gasteiger partial charge in [0, 0.05) is 38.2 Å². The van der Waals surface area contributed by atoms with Gasteiger partial charge < -0.3 is 9.13 Å². The van der Waals surface area contributed by atoms with E-state index in [1.54, 1.807) is 89.5 Å². The standard InChI is InChI=1S/C78H38F24N4/c79-71(80,81)48-22-44(23-49(34-48)72(82,83)84)40-14-18-66-58(30-40)59-31-41(45-24-50(73(85,86)87)35-51(25-45)74(88,89)90)15-19-67(59)105(66)64-12-6-4-10-56(64)63-38-62(39-8-2-1-3-9-39)103-70(104-63)57-11-5-7-13-65(57)106-68-20-16-42(46-26-52(75(91,92)93)36-53(27-46)76(94,95)96)32-60(68)61-33-43(17-21-69(61)106)47-28-54(77(97,98)99)37-55(29-47)78(100,101)102/h1-38H. The van der Waals surface area contributed by atoms with Gasteiger partial charge in [0.15, 0.2) is 5.82 Å². The molecule has 106 heavy (non-hydrogen) atoms. The molecule has 0 atom stereocenters. The molecular weight excluding hydrogens is 1450 g/mol. The second kappa shape index (κ2) is 25.1. The number of halogens is 24. The summed E-state index contributed by atoms with van der Waals surface area (Å²) < 4.78 is 348. The van der Waals surface area contributed by atoms with E-state index < -0.39 is 116 Å². The molecule has 3 heterocycles. The van der Waals surface area contributed by atoms with E-state index in [0.29, 0.717) is 54.1 Å². The summed E-state index contributed by atoms with van der Waals surface area (Å²) in [6.45, 7) is 0. The number of alkyl halides is 24. The molecule has 0 radical (unpaired) electrons. The van der Waals surface area contributed by atoms with Crippen LogP contribution in [0, 0.1) is 0 Å². The molecule has 4 nitrogen and oxygen atoms in total. The van der Waals surface area contributed by atoms with E-state index in [1.165, 1.54) is 77.4 Å². The SMILES string of the molecule is FC(F)(F)c1cc(-c2ccc3c(c2)c2cc(-c4cc(C(F)(F)F)cc(C(F)(F)F)c4)ccc2n3-c2ccccc2-c2cc(-c3ccccc3)nc(-c3ccccc3-n3c4ccc(-c5cc(C(F)(F)F)cc(C(F)(F)F)c5)cc4c4cc(-c5cc(C(F)(F)F)cc(C(F)(F)F)c5)ccc43)n2)cc(C(F)(F)F)c1. The van der Waals surface area contributed by atoms with Crippen LogP contribution in [0.25, 0.3) is 133 Å². The summed E-state index contributed by atoms with van der Waals surface area (Å²) >= 11 is 0. The van der Waals surface area contributed by atoms with Crippen molar-refractivity contribution in [1.29, 1.82) is 0 Å². The first-order valence-corrected chi connectivity index (χ1v) is 31.0. The Labute approximate surface area is 580 Å². The Morgan fingerprint density at radius 2 is 0.443 bits per heavy atom. The molecule has 3 aromatic heterocycles. The Kier molecular flexibility index (Phi) is 16.9. The Bertz CT molecular complexity index is 5110. The van der Waals surface area contributed by atoms with Gasteiger partial charge in [-0.15, -0.1) is 0 Å². The summed E-state index contributed by atoms with van der Waals surface area (Å²) in [5.74, 6) is -0.104. The van der Waals surface area contributed by atoms with Crippen LogP contribution in [0.3, 0.4) is 0 Å². The monoisotopic (exact) mass is 1490 g/mol. The molecule has 14 rings (SSSR count). The molecule has 28 heteroatoms. The van der Waals surface area contributed by atoms with Crippen molar-refractivity contribution < 1.29 is 105 Å². The fourth-order valence-electron chi connectivity index (χ4n) is 13.0. The van der Waals surface area contributed by atoms with Gasteiger partial charge in [-0.1, -0.05) is 84.9 Å². The average Bonchev–Trinajstić information content (AvgIpc) is 1.57. The van der Waals surface area contributed by atoms with E-state index in [4.69, 9.17) is 9.97 Å². The first kappa shape index (κ1) is 71.4. The number of para-hydroxylation sites is 2. The second-order valence-corrected chi connectivity index (χ2v) is 24.6. The first-order valence-electron chi connectivity index (χ1n) is 31.0. The molecule has 538 valence electrons. The van der Waals surface area contributed by atoms with Gasteiger partial charge in [0.1, 0.15) is 0 Å². The molecule has 0 unspecified atom stereocenters. The maximum Gasteiger partial charge on any atom is 0.416 e. The molecule has 0 N–H and O–H groups in total. The van der Waals surface area contributed by atoms with Gasteiger partial charge in [0.05, 0.1) is 89.3 Å². The van der Waals surface area contributed by atoms with Gasteiger partial charge in [-0.05, 0) is 190 Å². The number of aromatic nitrogens is 4. The van der Waals surface area contributed by atoms with Crippen molar-refractivity contribution in [3.63, 3.8) is 0 Å². The second-order valence-electron chi connectivity index (χ2n) is 24.6. The Balaban J connectivity index is 1.00. The van der Waals surface area contributed by atoms with Crippen LogP contribution in [0.4, 0.5) is 105 Å².